The maximum Gasteiger partial charge on any atom is 0.490 e. The van der Waals surface area contributed by atoms with Crippen molar-refractivity contribution in [3.05, 3.63) is 63.7 Å². The van der Waals surface area contributed by atoms with E-state index in [9.17, 15) is 22.0 Å². The van der Waals surface area contributed by atoms with Crippen molar-refractivity contribution in [2.45, 2.75) is 29.7 Å². The molecule has 3 rings (SSSR count). The number of nitrogens with one attached hydrogen (secondary N) is 1. The Labute approximate surface area is 173 Å². The van der Waals surface area contributed by atoms with Crippen LogP contribution in [0.3, 0.4) is 0 Å². The normalized spacial score (nSPS) is 13.7. The summed E-state index contributed by atoms with van der Waals surface area (Å²) in [6, 6.07) is 7.62. The molecule has 0 radical (unpaired) electrons. The summed E-state index contributed by atoms with van der Waals surface area (Å²) in [4.78, 5) is 9.93. The van der Waals surface area contributed by atoms with Crippen LogP contribution in [-0.4, -0.2) is 30.3 Å². The van der Waals surface area contributed by atoms with Gasteiger partial charge in [0.1, 0.15) is 11.6 Å². The minimum Gasteiger partial charge on any atom is -0.475 e. The van der Waals surface area contributed by atoms with Crippen molar-refractivity contribution in [2.75, 3.05) is 13.1 Å². The van der Waals surface area contributed by atoms with Crippen LogP contribution in [0.1, 0.15) is 16.7 Å². The molecule has 0 saturated carbocycles. The molecule has 0 bridgehead atoms. The van der Waals surface area contributed by atoms with Gasteiger partial charge in [0.15, 0.2) is 0 Å². The zero-order valence-electron chi connectivity index (χ0n) is 15.0. The number of thioether (sulfide) groups is 1. The van der Waals surface area contributed by atoms with Crippen molar-refractivity contribution in [3.8, 4) is 0 Å². The molecule has 1 aliphatic heterocycles. The number of rotatable bonds is 3. The molecule has 10 heteroatoms. The van der Waals surface area contributed by atoms with Crippen LogP contribution in [0.4, 0.5) is 22.0 Å². The summed E-state index contributed by atoms with van der Waals surface area (Å²) >= 11 is 7.90. The van der Waals surface area contributed by atoms with Crippen molar-refractivity contribution >= 4 is 29.3 Å². The third kappa shape index (κ3) is 7.17. The number of fused-ring (bicyclic) bond motifs is 1. The fourth-order valence-corrected chi connectivity index (χ4v) is 4.15. The molecule has 2 aromatic carbocycles. The third-order valence-corrected chi connectivity index (χ3v) is 5.64. The Balaban J connectivity index is 0.000000370. The van der Waals surface area contributed by atoms with Gasteiger partial charge in [-0.2, -0.15) is 13.2 Å². The average molecular weight is 454 g/mol. The van der Waals surface area contributed by atoms with Gasteiger partial charge in [0, 0.05) is 16.7 Å². The van der Waals surface area contributed by atoms with Crippen molar-refractivity contribution < 1.29 is 31.9 Å². The van der Waals surface area contributed by atoms with E-state index in [0.29, 0.717) is 16.3 Å². The number of hydrogen-bond acceptors (Lipinski definition) is 3. The molecule has 0 saturated heterocycles. The smallest absolute Gasteiger partial charge is 0.475 e. The van der Waals surface area contributed by atoms with Gasteiger partial charge in [0.2, 0.25) is 0 Å². The Morgan fingerprint density at radius 1 is 1.10 bits per heavy atom. The van der Waals surface area contributed by atoms with Crippen LogP contribution in [0.5, 0.6) is 0 Å². The number of carbonyl (C=O) groups is 1. The zero-order valence-corrected chi connectivity index (χ0v) is 16.5. The van der Waals surface area contributed by atoms with Gasteiger partial charge >= 0.3 is 12.1 Å². The number of benzene rings is 2. The van der Waals surface area contributed by atoms with Crippen molar-refractivity contribution in [1.82, 2.24) is 5.32 Å². The van der Waals surface area contributed by atoms with E-state index in [1.165, 1.54) is 23.3 Å². The van der Waals surface area contributed by atoms with Crippen molar-refractivity contribution in [2.24, 2.45) is 0 Å². The fourth-order valence-electron chi connectivity index (χ4n) is 2.72. The number of aliphatic carboxylic acids is 1. The van der Waals surface area contributed by atoms with Crippen LogP contribution in [0.2, 0.25) is 5.02 Å². The topological polar surface area (TPSA) is 49.3 Å². The molecule has 3 nitrogen and oxygen atoms in total. The molecule has 0 amide bonds. The summed E-state index contributed by atoms with van der Waals surface area (Å²) in [6.07, 6.45) is -3.18. The SMILES string of the molecule is Fc1cc(F)cc(CSc2c(Cl)ccc3c2CCNCC3)c1.O=C(O)C(F)(F)F. The monoisotopic (exact) mass is 453 g/mol. The number of hydrogen-bond donors (Lipinski definition) is 2. The van der Waals surface area contributed by atoms with Crippen LogP contribution in [0.15, 0.2) is 35.2 Å². The van der Waals surface area contributed by atoms with E-state index in [-0.39, 0.29) is 0 Å². The molecular weight excluding hydrogens is 437 g/mol. The second kappa shape index (κ2) is 10.3. The highest BCUT2D eigenvalue weighted by atomic mass is 35.5. The minimum atomic E-state index is -5.08. The lowest BCUT2D eigenvalue weighted by atomic mass is 10.0. The summed E-state index contributed by atoms with van der Waals surface area (Å²) < 4.78 is 58.3. The summed E-state index contributed by atoms with van der Waals surface area (Å²) in [5.74, 6) is -3.35. The van der Waals surface area contributed by atoms with E-state index >= 15 is 0 Å². The Bertz CT molecular complexity index is 856. The quantitative estimate of drug-likeness (QED) is 0.493. The highest BCUT2D eigenvalue weighted by Gasteiger charge is 2.38. The Hall–Kier alpha value is -1.84. The van der Waals surface area contributed by atoms with Gasteiger partial charge in [-0.1, -0.05) is 17.7 Å². The molecule has 158 valence electrons. The molecular formula is C19H17ClF5NO2S. The first-order valence-electron chi connectivity index (χ1n) is 8.46. The second-order valence-electron chi connectivity index (χ2n) is 6.13. The predicted octanol–water partition coefficient (Wildman–Crippen LogP) is 5.23. The molecule has 0 atom stereocenters. The number of carboxylic acid groups (broad SMARTS) is 1. The molecule has 0 fully saturated rings. The highest BCUT2D eigenvalue weighted by Crippen LogP contribution is 2.36. The summed E-state index contributed by atoms with van der Waals surface area (Å²) in [6.45, 7) is 1.89. The van der Waals surface area contributed by atoms with Crippen LogP contribution >= 0.6 is 23.4 Å². The number of alkyl halides is 3. The van der Waals surface area contributed by atoms with E-state index in [1.807, 2.05) is 6.07 Å². The summed E-state index contributed by atoms with van der Waals surface area (Å²) in [7, 11) is 0. The van der Waals surface area contributed by atoms with E-state index < -0.39 is 23.8 Å². The van der Waals surface area contributed by atoms with Crippen LogP contribution in [0.25, 0.3) is 0 Å². The lowest BCUT2D eigenvalue weighted by molar-refractivity contribution is -0.192. The van der Waals surface area contributed by atoms with Gasteiger partial charge in [0.25, 0.3) is 0 Å². The predicted molar refractivity (Wildman–Crippen MR) is 101 cm³/mol. The molecule has 1 heterocycles. The maximum absolute atomic E-state index is 13.3. The van der Waals surface area contributed by atoms with Gasteiger partial charge < -0.3 is 10.4 Å². The first kappa shape index (κ1) is 23.4. The summed E-state index contributed by atoms with van der Waals surface area (Å²) in [5, 5.41) is 11.2. The Kier molecular flexibility index (Phi) is 8.30. The van der Waals surface area contributed by atoms with Crippen molar-refractivity contribution in [1.29, 1.82) is 0 Å². The zero-order chi connectivity index (χ0) is 21.6. The molecule has 0 unspecified atom stereocenters. The lowest BCUT2D eigenvalue weighted by Gasteiger charge is -2.14. The molecule has 0 aromatic heterocycles. The average Bonchev–Trinajstić information content (AvgIpc) is 2.85. The van der Waals surface area contributed by atoms with Gasteiger partial charge in [-0.15, -0.1) is 11.8 Å². The van der Waals surface area contributed by atoms with E-state index in [1.54, 1.807) is 11.8 Å². The van der Waals surface area contributed by atoms with Crippen LogP contribution < -0.4 is 5.32 Å². The van der Waals surface area contributed by atoms with Gasteiger partial charge in [0.05, 0.1) is 5.02 Å². The fraction of sp³-hybridized carbons (Fsp3) is 0.316. The molecule has 0 spiro atoms. The summed E-state index contributed by atoms with van der Waals surface area (Å²) in [5.41, 5.74) is 3.20. The Morgan fingerprint density at radius 2 is 1.69 bits per heavy atom. The molecule has 1 aliphatic rings. The Morgan fingerprint density at radius 3 is 2.28 bits per heavy atom. The third-order valence-electron chi connectivity index (χ3n) is 3.98. The first-order chi connectivity index (χ1) is 13.6. The first-order valence-corrected chi connectivity index (χ1v) is 9.83. The van der Waals surface area contributed by atoms with Gasteiger partial charge in [-0.25, -0.2) is 13.6 Å². The largest absolute Gasteiger partial charge is 0.490 e. The number of carboxylic acids is 1. The highest BCUT2D eigenvalue weighted by molar-refractivity contribution is 7.98. The van der Waals surface area contributed by atoms with Gasteiger partial charge in [-0.05, 0) is 60.8 Å². The van der Waals surface area contributed by atoms with Gasteiger partial charge in [-0.3, -0.25) is 0 Å². The van der Waals surface area contributed by atoms with Crippen LogP contribution in [-0.2, 0) is 23.4 Å². The molecule has 2 aromatic rings. The minimum absolute atomic E-state index is 0.498. The molecule has 2 N–H and O–H groups in total. The lowest BCUT2D eigenvalue weighted by Crippen LogP contribution is -2.21. The van der Waals surface area contributed by atoms with E-state index in [2.05, 4.69) is 11.4 Å². The van der Waals surface area contributed by atoms with E-state index in [0.717, 1.165) is 36.9 Å². The van der Waals surface area contributed by atoms with Crippen molar-refractivity contribution in [3.63, 3.8) is 0 Å². The maximum atomic E-state index is 13.3. The number of halogens is 6. The standard InChI is InChI=1S/C17H16ClF2NS.C2HF3O2/c18-16-2-1-12-3-5-21-6-4-15(12)17(16)22-10-11-7-13(19)9-14(20)8-11;3-2(4,5)1(6)7/h1-2,7-9,21H,3-6,10H2;(H,6,7). The molecule has 0 aliphatic carbocycles. The van der Waals surface area contributed by atoms with Crippen LogP contribution in [0, 0.1) is 11.6 Å². The molecule has 29 heavy (non-hydrogen) atoms. The second-order valence-corrected chi connectivity index (χ2v) is 7.53. The van der Waals surface area contributed by atoms with E-state index in [4.69, 9.17) is 21.5 Å².